The van der Waals surface area contributed by atoms with E-state index in [9.17, 15) is 14.4 Å². The number of carbonyl (C=O) groups is 3. The second kappa shape index (κ2) is 8.11. The van der Waals surface area contributed by atoms with Crippen LogP contribution in [-0.2, 0) is 25.5 Å². The van der Waals surface area contributed by atoms with Gasteiger partial charge in [0.15, 0.2) is 11.2 Å². The Morgan fingerprint density at radius 1 is 0.966 bits per heavy atom. The molecule has 0 spiro atoms. The largest absolute Gasteiger partial charge is 0.422 e. The van der Waals surface area contributed by atoms with Crippen LogP contribution in [0.2, 0.25) is 0 Å². The van der Waals surface area contributed by atoms with Crippen LogP contribution in [0, 0.1) is 11.3 Å². The van der Waals surface area contributed by atoms with Crippen molar-refractivity contribution in [2.45, 2.75) is 39.4 Å². The highest BCUT2D eigenvalue weighted by molar-refractivity contribution is 9.10. The Balaban J connectivity index is 1.94. The lowest BCUT2D eigenvalue weighted by Gasteiger charge is -2.41. The van der Waals surface area contributed by atoms with Gasteiger partial charge < -0.3 is 9.47 Å². The SMILES string of the molecule is C[C@@H](CC1(Cc2ccc(Br)cc2)C(=O)OC(C)(C)OC1=O)C(=O)c1ccccc1. The van der Waals surface area contributed by atoms with Crippen molar-refractivity contribution in [3.63, 3.8) is 0 Å². The molecule has 0 radical (unpaired) electrons. The van der Waals surface area contributed by atoms with Crippen LogP contribution in [0.4, 0.5) is 0 Å². The molecule has 6 heteroatoms. The average molecular weight is 459 g/mol. The van der Waals surface area contributed by atoms with Crippen LogP contribution in [0.1, 0.15) is 43.1 Å². The molecule has 5 nitrogen and oxygen atoms in total. The van der Waals surface area contributed by atoms with E-state index in [0.717, 1.165) is 10.0 Å². The normalized spacial score (nSPS) is 18.5. The highest BCUT2D eigenvalue weighted by Crippen LogP contribution is 2.41. The Kier molecular flexibility index (Phi) is 5.94. The number of ether oxygens (including phenoxy) is 2. The second-order valence-electron chi connectivity index (χ2n) is 7.90. The fourth-order valence-corrected chi connectivity index (χ4v) is 3.85. The minimum atomic E-state index is -1.58. The lowest BCUT2D eigenvalue weighted by atomic mass is 9.73. The van der Waals surface area contributed by atoms with Crippen LogP contribution in [-0.4, -0.2) is 23.5 Å². The summed E-state index contributed by atoms with van der Waals surface area (Å²) in [5.74, 6) is -3.35. The standard InChI is InChI=1S/C23H23BrO5/c1-15(19(25)17-7-5-4-6-8-17)13-23(14-16-9-11-18(24)12-10-16)20(26)28-22(2,3)29-21(23)27/h4-12,15H,13-14H2,1-3H3/t15-/m0/s1. The summed E-state index contributed by atoms with van der Waals surface area (Å²) in [7, 11) is 0. The minimum absolute atomic E-state index is 0.00450. The van der Waals surface area contributed by atoms with Crippen LogP contribution in [0.15, 0.2) is 59.1 Å². The third kappa shape index (κ3) is 4.58. The molecule has 1 atom stereocenters. The first-order valence-corrected chi connectivity index (χ1v) is 10.2. The molecule has 0 unspecified atom stereocenters. The van der Waals surface area contributed by atoms with E-state index < -0.39 is 29.1 Å². The zero-order valence-electron chi connectivity index (χ0n) is 16.6. The molecular weight excluding hydrogens is 436 g/mol. The zero-order chi connectivity index (χ0) is 21.2. The third-order valence-electron chi connectivity index (χ3n) is 5.04. The van der Waals surface area contributed by atoms with Gasteiger partial charge in [-0.05, 0) is 30.5 Å². The fourth-order valence-electron chi connectivity index (χ4n) is 3.58. The summed E-state index contributed by atoms with van der Waals surface area (Å²) < 4.78 is 11.8. The molecule has 1 heterocycles. The van der Waals surface area contributed by atoms with Gasteiger partial charge in [0, 0.05) is 29.8 Å². The summed E-state index contributed by atoms with van der Waals surface area (Å²) in [6.45, 7) is 4.76. The summed E-state index contributed by atoms with van der Waals surface area (Å²) in [6, 6.07) is 16.2. The van der Waals surface area contributed by atoms with Crippen molar-refractivity contribution >= 4 is 33.7 Å². The molecular formula is C23H23BrO5. The van der Waals surface area contributed by atoms with Crippen LogP contribution in [0.25, 0.3) is 0 Å². The maximum atomic E-state index is 13.1. The molecule has 1 fully saturated rings. The van der Waals surface area contributed by atoms with E-state index in [1.165, 1.54) is 13.8 Å². The summed E-state index contributed by atoms with van der Waals surface area (Å²) in [4.78, 5) is 39.0. The number of halogens is 1. The Labute approximate surface area is 178 Å². The van der Waals surface area contributed by atoms with Crippen LogP contribution in [0.3, 0.4) is 0 Å². The number of esters is 2. The molecule has 0 aromatic heterocycles. The van der Waals surface area contributed by atoms with Gasteiger partial charge in [-0.25, -0.2) is 0 Å². The van der Waals surface area contributed by atoms with Crippen molar-refractivity contribution < 1.29 is 23.9 Å². The Morgan fingerprint density at radius 2 is 1.52 bits per heavy atom. The predicted molar refractivity (Wildman–Crippen MR) is 111 cm³/mol. The van der Waals surface area contributed by atoms with Gasteiger partial charge in [-0.15, -0.1) is 0 Å². The molecule has 2 aromatic carbocycles. The molecule has 3 rings (SSSR count). The van der Waals surface area contributed by atoms with E-state index in [4.69, 9.17) is 9.47 Å². The quantitative estimate of drug-likeness (QED) is 0.355. The monoisotopic (exact) mass is 458 g/mol. The lowest BCUT2D eigenvalue weighted by Crippen LogP contribution is -2.55. The molecule has 29 heavy (non-hydrogen) atoms. The van der Waals surface area contributed by atoms with Crippen LogP contribution < -0.4 is 0 Å². The van der Waals surface area contributed by atoms with Crippen molar-refractivity contribution in [3.8, 4) is 0 Å². The van der Waals surface area contributed by atoms with E-state index in [1.54, 1.807) is 31.2 Å². The number of Topliss-reactive ketones (excluding diaryl/α,β-unsaturated/α-hetero) is 1. The molecule has 0 amide bonds. The number of hydrogen-bond acceptors (Lipinski definition) is 5. The molecule has 0 saturated carbocycles. The van der Waals surface area contributed by atoms with Gasteiger partial charge in [0.1, 0.15) is 0 Å². The maximum Gasteiger partial charge on any atom is 0.327 e. The minimum Gasteiger partial charge on any atom is -0.422 e. The van der Waals surface area contributed by atoms with Gasteiger partial charge in [-0.2, -0.15) is 0 Å². The fraction of sp³-hybridized carbons (Fsp3) is 0.348. The number of cyclic esters (lactones) is 2. The zero-order valence-corrected chi connectivity index (χ0v) is 18.2. The summed E-state index contributed by atoms with van der Waals surface area (Å²) in [6.07, 6.45) is 0.102. The third-order valence-corrected chi connectivity index (χ3v) is 5.57. The first-order chi connectivity index (χ1) is 13.6. The van der Waals surface area contributed by atoms with Crippen molar-refractivity contribution in [2.75, 3.05) is 0 Å². The molecule has 2 aromatic rings. The first kappa shape index (κ1) is 21.2. The van der Waals surface area contributed by atoms with Crippen molar-refractivity contribution in [1.29, 1.82) is 0 Å². The van der Waals surface area contributed by atoms with Gasteiger partial charge in [-0.3, -0.25) is 14.4 Å². The molecule has 1 saturated heterocycles. The lowest BCUT2D eigenvalue weighted by molar-refractivity contribution is -0.252. The average Bonchev–Trinajstić information content (AvgIpc) is 2.67. The van der Waals surface area contributed by atoms with E-state index in [0.29, 0.717) is 5.56 Å². The number of rotatable bonds is 6. The Morgan fingerprint density at radius 3 is 2.07 bits per heavy atom. The first-order valence-electron chi connectivity index (χ1n) is 9.43. The molecule has 1 aliphatic rings. The Hall–Kier alpha value is -2.47. The van der Waals surface area contributed by atoms with Crippen molar-refractivity contribution in [1.82, 2.24) is 0 Å². The molecule has 0 N–H and O–H groups in total. The second-order valence-corrected chi connectivity index (χ2v) is 8.82. The topological polar surface area (TPSA) is 69.7 Å². The molecule has 152 valence electrons. The number of hydrogen-bond donors (Lipinski definition) is 0. The number of benzene rings is 2. The smallest absolute Gasteiger partial charge is 0.327 e. The van der Waals surface area contributed by atoms with Gasteiger partial charge in [0.05, 0.1) is 0 Å². The maximum absolute atomic E-state index is 13.1. The number of carbonyl (C=O) groups excluding carboxylic acids is 3. The predicted octanol–water partition coefficient (Wildman–Crippen LogP) is 4.72. The highest BCUT2D eigenvalue weighted by atomic mass is 79.9. The van der Waals surface area contributed by atoms with E-state index in [1.807, 2.05) is 30.3 Å². The summed E-state index contributed by atoms with van der Waals surface area (Å²) in [5, 5.41) is 0. The highest BCUT2D eigenvalue weighted by Gasteiger charge is 2.57. The van der Waals surface area contributed by atoms with E-state index in [-0.39, 0.29) is 18.6 Å². The summed E-state index contributed by atoms with van der Waals surface area (Å²) in [5.41, 5.74) is -0.259. The number of ketones is 1. The van der Waals surface area contributed by atoms with Gasteiger partial charge >= 0.3 is 11.9 Å². The van der Waals surface area contributed by atoms with E-state index in [2.05, 4.69) is 15.9 Å². The van der Waals surface area contributed by atoms with Crippen molar-refractivity contribution in [3.05, 3.63) is 70.2 Å². The summed E-state index contributed by atoms with van der Waals surface area (Å²) >= 11 is 3.38. The molecule has 1 aliphatic heterocycles. The van der Waals surface area contributed by atoms with Crippen LogP contribution in [0.5, 0.6) is 0 Å². The van der Waals surface area contributed by atoms with Crippen LogP contribution >= 0.6 is 15.9 Å². The van der Waals surface area contributed by atoms with Gasteiger partial charge in [-0.1, -0.05) is 65.3 Å². The van der Waals surface area contributed by atoms with Gasteiger partial charge in [0.2, 0.25) is 0 Å². The Bertz CT molecular complexity index is 898. The van der Waals surface area contributed by atoms with Crippen molar-refractivity contribution in [2.24, 2.45) is 11.3 Å². The molecule has 0 bridgehead atoms. The van der Waals surface area contributed by atoms with E-state index >= 15 is 0 Å². The molecule has 0 aliphatic carbocycles. The van der Waals surface area contributed by atoms with Gasteiger partial charge in [0.25, 0.3) is 5.79 Å².